The Bertz CT molecular complexity index is 1680. The van der Waals surface area contributed by atoms with Crippen molar-refractivity contribution in [2.75, 3.05) is 44.7 Å². The van der Waals surface area contributed by atoms with Crippen LogP contribution in [0.3, 0.4) is 0 Å². The van der Waals surface area contributed by atoms with Crippen LogP contribution in [-0.2, 0) is 26.6 Å². The molecule has 2 N–H and O–H groups in total. The van der Waals surface area contributed by atoms with Crippen molar-refractivity contribution >= 4 is 28.0 Å². The molecule has 2 aromatic carbocycles. The number of nitrogens with two attached hydrogens (primary N) is 1. The summed E-state index contributed by atoms with van der Waals surface area (Å²) in [5, 5.41) is 0. The van der Waals surface area contributed by atoms with E-state index in [2.05, 4.69) is 60.9 Å². The van der Waals surface area contributed by atoms with E-state index in [1.807, 2.05) is 24.7 Å². The van der Waals surface area contributed by atoms with Gasteiger partial charge in [0.1, 0.15) is 11.2 Å². The molecule has 0 radical (unpaired) electrons. The molecule has 2 aliphatic heterocycles. The lowest BCUT2D eigenvalue weighted by Crippen LogP contribution is -2.54. The Balaban J connectivity index is 1.11. The first-order valence-corrected chi connectivity index (χ1v) is 20.0. The average molecular weight is 699 g/mol. The van der Waals surface area contributed by atoms with E-state index in [1.54, 1.807) is 12.1 Å². The summed E-state index contributed by atoms with van der Waals surface area (Å²) in [5.41, 5.74) is 8.14. The number of piperidine rings is 1. The first-order chi connectivity index (χ1) is 24.4. The van der Waals surface area contributed by atoms with Crippen molar-refractivity contribution in [2.24, 2.45) is 34.4 Å². The quantitative estimate of drug-likeness (QED) is 0.109. The number of hydrogen-bond acceptors (Lipinski definition) is 8. The van der Waals surface area contributed by atoms with E-state index in [0.29, 0.717) is 30.1 Å². The third-order valence-corrected chi connectivity index (χ3v) is 13.6. The van der Waals surface area contributed by atoms with Gasteiger partial charge in [0.25, 0.3) is 0 Å². The van der Waals surface area contributed by atoms with Crippen LogP contribution in [0.2, 0.25) is 0 Å². The highest BCUT2D eigenvalue weighted by molar-refractivity contribution is 7.96. The molecule has 6 rings (SSSR count). The molecule has 1 aromatic heterocycles. The minimum atomic E-state index is -3.69. The molecule has 0 amide bonds. The van der Waals surface area contributed by atoms with Gasteiger partial charge >= 0.3 is 0 Å². The molecule has 0 spiro atoms. The van der Waals surface area contributed by atoms with Crippen molar-refractivity contribution in [2.45, 2.75) is 74.6 Å². The number of benzene rings is 2. The van der Waals surface area contributed by atoms with Gasteiger partial charge in [0.15, 0.2) is 0 Å². The predicted molar refractivity (Wildman–Crippen MR) is 201 cm³/mol. The summed E-state index contributed by atoms with van der Waals surface area (Å²) in [4.78, 5) is 24.6. The van der Waals surface area contributed by atoms with E-state index in [9.17, 15) is 13.2 Å². The first-order valence-electron chi connectivity index (χ1n) is 18.5. The maximum Gasteiger partial charge on any atom is 0.209 e. The number of imidazole rings is 1. The Hall–Kier alpha value is -3.76. The Morgan fingerprint density at radius 2 is 1.78 bits per heavy atom. The van der Waals surface area contributed by atoms with Gasteiger partial charge in [-0.2, -0.15) is 0 Å². The van der Waals surface area contributed by atoms with Gasteiger partial charge in [-0.1, -0.05) is 56.0 Å². The number of anilines is 1. The second-order valence-corrected chi connectivity index (χ2v) is 16.6. The van der Waals surface area contributed by atoms with E-state index in [1.165, 1.54) is 57.4 Å². The summed E-state index contributed by atoms with van der Waals surface area (Å²) in [7, 11) is -2.17. The number of rotatable bonds is 16. The fourth-order valence-electron chi connectivity index (χ4n) is 9.41. The van der Waals surface area contributed by atoms with Crippen molar-refractivity contribution in [1.82, 2.24) is 14.5 Å². The Morgan fingerprint density at radius 3 is 2.44 bits per heavy atom. The number of likely N-dealkylation sites (tertiary alicyclic amines) is 1. The van der Waals surface area contributed by atoms with Gasteiger partial charge in [-0.05, 0) is 86.4 Å². The Morgan fingerprint density at radius 1 is 1.02 bits per heavy atom. The average Bonchev–Trinajstić information content (AvgIpc) is 3.83. The molecule has 1 saturated carbocycles. The molecule has 1 unspecified atom stereocenters. The summed E-state index contributed by atoms with van der Waals surface area (Å²) < 4.78 is 28.2. The number of carbonyl (C=O) groups is 1. The number of unbranched alkanes of at least 4 members (excludes halogenated alkanes) is 2. The van der Waals surface area contributed by atoms with Crippen LogP contribution in [0.15, 0.2) is 94.3 Å². The van der Waals surface area contributed by atoms with Gasteiger partial charge in [0.05, 0.1) is 11.2 Å². The molecule has 0 bridgehead atoms. The molecular formula is C40H54N6O3S. The largest absolute Gasteiger partial charge is 0.403 e. The number of aldehydes is 1. The highest BCUT2D eigenvalue weighted by Gasteiger charge is 2.51. The van der Waals surface area contributed by atoms with E-state index in [-0.39, 0.29) is 15.2 Å². The molecule has 3 atom stereocenters. The lowest BCUT2D eigenvalue weighted by Gasteiger charge is -2.51. The third-order valence-electron chi connectivity index (χ3n) is 11.8. The first kappa shape index (κ1) is 36.0. The molecule has 10 heteroatoms. The number of aliphatic imine (C=N–C) groups is 1. The topological polar surface area (TPSA) is 114 Å². The van der Waals surface area contributed by atoms with Crippen LogP contribution in [-0.4, -0.2) is 75.1 Å². The maximum atomic E-state index is 12.9. The summed E-state index contributed by atoms with van der Waals surface area (Å²) in [6.07, 6.45) is 19.7. The van der Waals surface area contributed by atoms with E-state index >= 15 is 0 Å². The van der Waals surface area contributed by atoms with Gasteiger partial charge in [0.2, 0.25) is 9.84 Å². The fourth-order valence-corrected chi connectivity index (χ4v) is 10.6. The smallest absolute Gasteiger partial charge is 0.209 e. The number of carbonyl (C=O) groups excluding carboxylic acids is 1. The molecule has 3 fully saturated rings. The minimum Gasteiger partial charge on any atom is -0.403 e. The van der Waals surface area contributed by atoms with Gasteiger partial charge in [-0.15, -0.1) is 0 Å². The molecule has 3 aromatic rings. The predicted octanol–water partition coefficient (Wildman–Crippen LogP) is 6.12. The number of allylic oxidation sites excluding steroid dienone is 1. The van der Waals surface area contributed by atoms with Gasteiger partial charge in [-0.3, -0.25) is 4.99 Å². The van der Waals surface area contributed by atoms with Gasteiger partial charge < -0.3 is 24.9 Å². The van der Waals surface area contributed by atoms with Crippen molar-refractivity contribution < 1.29 is 13.2 Å². The molecule has 2 saturated heterocycles. The van der Waals surface area contributed by atoms with Crippen LogP contribution < -0.4 is 10.6 Å². The zero-order valence-electron chi connectivity index (χ0n) is 29.5. The van der Waals surface area contributed by atoms with Gasteiger partial charge in [-0.25, -0.2) is 13.4 Å². The van der Waals surface area contributed by atoms with E-state index < -0.39 is 9.84 Å². The Kier molecular flexibility index (Phi) is 11.9. The summed E-state index contributed by atoms with van der Waals surface area (Å²) in [6.45, 7) is 6.24. The number of hydrogen-bond donors (Lipinski definition) is 1. The second kappa shape index (κ2) is 16.5. The van der Waals surface area contributed by atoms with Crippen molar-refractivity contribution in [3.8, 4) is 0 Å². The van der Waals surface area contributed by atoms with Crippen LogP contribution in [0.4, 0.5) is 5.69 Å². The number of sulfone groups is 1. The number of nitrogens with zero attached hydrogens (tertiary/aromatic N) is 5. The zero-order chi connectivity index (χ0) is 35.0. The molecule has 50 heavy (non-hydrogen) atoms. The molecule has 3 heterocycles. The Labute approximate surface area is 298 Å². The minimum absolute atomic E-state index is 0.00239. The maximum absolute atomic E-state index is 12.9. The normalized spacial score (nSPS) is 22.5. The van der Waals surface area contributed by atoms with Crippen molar-refractivity contribution in [3.05, 3.63) is 90.0 Å². The monoisotopic (exact) mass is 698 g/mol. The highest BCUT2D eigenvalue weighted by atomic mass is 32.2. The second-order valence-electron chi connectivity index (χ2n) is 14.7. The van der Waals surface area contributed by atoms with Crippen LogP contribution in [0, 0.1) is 23.7 Å². The van der Waals surface area contributed by atoms with Crippen LogP contribution >= 0.6 is 0 Å². The van der Waals surface area contributed by atoms with E-state index in [4.69, 9.17) is 5.73 Å². The standard InChI is InChI=1S/C40H54N6O3S/c1-42-26-38(25-41)50(48,49)37-16-14-36(15-17-37)46-28-32(29-46)27-44-21-18-35(19-22-44)40(30-45-23-20-43-31-45,34-11-5-2-6-12-34)39-13-8-10-33(39)9-4-3-7-24-47/h2,5-6,11-12,14-17,20,23-26,31-33,35,39H,3-4,7-10,13,18-19,21-22,27-30,41H2,1H3/t33-,39-,40?/m0/s1. The number of aromatic nitrogens is 2. The molecular weight excluding hydrogens is 645 g/mol. The van der Waals surface area contributed by atoms with Crippen LogP contribution in [0.25, 0.3) is 0 Å². The van der Waals surface area contributed by atoms with Crippen molar-refractivity contribution in [3.63, 3.8) is 0 Å². The lowest BCUT2D eigenvalue weighted by atomic mass is 9.56. The van der Waals surface area contributed by atoms with Crippen LogP contribution in [0.5, 0.6) is 0 Å². The van der Waals surface area contributed by atoms with Crippen molar-refractivity contribution in [1.29, 1.82) is 0 Å². The SMILES string of the molecule is CN=CC(=CN)S(=O)(=O)c1ccc(N2CC(CN3CCC(C(Cn4ccnc4)(c4ccccc4)[C@H]4CCC[C@@H]4CCCCC=O)CC3)C2)cc1. The third kappa shape index (κ3) is 7.76. The fraction of sp³-hybridized carbons (Fsp3) is 0.525. The summed E-state index contributed by atoms with van der Waals surface area (Å²) in [5.74, 6) is 2.47. The summed E-state index contributed by atoms with van der Waals surface area (Å²) in [6, 6.07) is 18.5. The molecule has 1 aliphatic carbocycles. The molecule has 9 nitrogen and oxygen atoms in total. The zero-order valence-corrected chi connectivity index (χ0v) is 30.3. The van der Waals surface area contributed by atoms with E-state index in [0.717, 1.165) is 70.3 Å². The highest BCUT2D eigenvalue weighted by Crippen LogP contribution is 2.54. The van der Waals surface area contributed by atoms with Crippen LogP contribution in [0.1, 0.15) is 63.4 Å². The lowest BCUT2D eigenvalue weighted by molar-refractivity contribution is -0.107. The molecule has 3 aliphatic rings. The van der Waals surface area contributed by atoms with Gasteiger partial charge in [0, 0.05) is 81.5 Å². The summed E-state index contributed by atoms with van der Waals surface area (Å²) >= 11 is 0. The molecule has 268 valence electrons.